The van der Waals surface area contributed by atoms with Crippen molar-refractivity contribution in [1.29, 1.82) is 0 Å². The van der Waals surface area contributed by atoms with Gasteiger partial charge in [0.15, 0.2) is 5.75 Å². The molecule has 2 aromatic rings. The number of allylic oxidation sites excluding steroid dienone is 5. The van der Waals surface area contributed by atoms with E-state index in [1.807, 2.05) is 13.0 Å². The molecule has 1 heterocycles. The highest BCUT2D eigenvalue weighted by atomic mass is 31.2. The van der Waals surface area contributed by atoms with Crippen LogP contribution in [0.25, 0.3) is 0 Å². The molecule has 2 aromatic carbocycles. The number of hydrogen-bond acceptors (Lipinski definition) is 11. The molecule has 1 amide bonds. The van der Waals surface area contributed by atoms with Crippen LogP contribution in [0.2, 0.25) is 0 Å². The van der Waals surface area contributed by atoms with Crippen LogP contribution in [0.1, 0.15) is 63.7 Å². The summed E-state index contributed by atoms with van der Waals surface area (Å²) in [6, 6.07) is 6.43. The number of hydrogen-bond donors (Lipinski definition) is 6. The van der Waals surface area contributed by atoms with Gasteiger partial charge in [0.1, 0.15) is 17.2 Å². The largest absolute Gasteiger partial charge is 0.563 e. The molecule has 0 aliphatic carbocycles. The van der Waals surface area contributed by atoms with Crippen LogP contribution in [-0.4, -0.2) is 27.3 Å². The minimum absolute atomic E-state index is 0.00501. The van der Waals surface area contributed by atoms with Crippen molar-refractivity contribution in [3.05, 3.63) is 70.8 Å². The van der Waals surface area contributed by atoms with E-state index in [9.17, 15) is 28.8 Å². The molecule has 240 valence electrons. The van der Waals surface area contributed by atoms with Gasteiger partial charge in [-0.05, 0) is 65.5 Å². The van der Waals surface area contributed by atoms with Gasteiger partial charge in [-0.3, -0.25) is 14.6 Å². The van der Waals surface area contributed by atoms with Crippen molar-refractivity contribution in [2.75, 3.05) is 16.8 Å². The maximum absolute atomic E-state index is 13.9. The number of phosphoric ester groups is 1. The third-order valence-corrected chi connectivity index (χ3v) is 7.94. The van der Waals surface area contributed by atoms with Gasteiger partial charge in [-0.1, -0.05) is 41.0 Å². The molecule has 0 spiro atoms. The number of para-hydroxylation sites is 1. The van der Waals surface area contributed by atoms with Crippen molar-refractivity contribution in [3.8, 4) is 17.2 Å². The van der Waals surface area contributed by atoms with Gasteiger partial charge in [-0.25, -0.2) is 20.9 Å². The van der Waals surface area contributed by atoms with Gasteiger partial charge < -0.3 is 24.4 Å². The summed E-state index contributed by atoms with van der Waals surface area (Å²) in [6.07, 6.45) is 9.65. The molecule has 44 heavy (non-hydrogen) atoms. The van der Waals surface area contributed by atoms with E-state index < -0.39 is 33.1 Å². The van der Waals surface area contributed by atoms with Crippen molar-refractivity contribution in [3.63, 3.8) is 0 Å². The molecule has 1 aliphatic rings. The van der Waals surface area contributed by atoms with Gasteiger partial charge in [-0.15, -0.1) is 0 Å². The summed E-state index contributed by atoms with van der Waals surface area (Å²) in [5.74, 6) is 8.33. The third-order valence-electron chi connectivity index (χ3n) is 6.55. The smallest absolute Gasteiger partial charge is 0.506 e. The molecule has 0 unspecified atom stereocenters. The second kappa shape index (κ2) is 15.0. The van der Waals surface area contributed by atoms with Crippen LogP contribution < -0.4 is 31.1 Å². The Morgan fingerprint density at radius 2 is 1.57 bits per heavy atom. The maximum atomic E-state index is 13.9. The third kappa shape index (κ3) is 9.52. The van der Waals surface area contributed by atoms with Crippen molar-refractivity contribution in [2.24, 2.45) is 11.8 Å². The lowest BCUT2D eigenvalue weighted by atomic mass is 10.1. The molecule has 14 nitrogen and oxygen atoms in total. The Bertz CT molecular complexity index is 1560. The van der Waals surface area contributed by atoms with Crippen LogP contribution in [0.5, 0.6) is 17.2 Å². The molecule has 0 bridgehead atoms. The molecule has 1 aliphatic heterocycles. The quantitative estimate of drug-likeness (QED) is 0.0576. The first kappa shape index (κ1) is 35.0. The lowest BCUT2D eigenvalue weighted by Gasteiger charge is -2.25. The Morgan fingerprint density at radius 1 is 0.932 bits per heavy atom. The number of nitrogens with two attached hydrogens (primary N) is 2. The number of anilines is 3. The Labute approximate surface area is 255 Å². The molecular weight excluding hydrogens is 614 g/mol. The average molecular weight is 653 g/mol. The Hall–Kier alpha value is -3.45. The van der Waals surface area contributed by atoms with Gasteiger partial charge in [-0.2, -0.15) is 9.25 Å². The van der Waals surface area contributed by atoms with Gasteiger partial charge >= 0.3 is 15.6 Å². The molecule has 16 heteroatoms. The van der Waals surface area contributed by atoms with Crippen LogP contribution >= 0.6 is 15.6 Å². The van der Waals surface area contributed by atoms with Gasteiger partial charge in [0.05, 0.1) is 16.9 Å². The van der Waals surface area contributed by atoms with E-state index >= 15 is 0 Å². The van der Waals surface area contributed by atoms with E-state index in [1.54, 1.807) is 0 Å². The standard InChI is InChI=1S/C28H38N4O10P2/c1-18(2)8-5-9-19(3)10-6-11-20(4)14-15-32-23-16-21(39-43(35,36)37)17-25(40-44(38,41-29)42-30)27(23)31-26-22(28(32)34)12-7-13-24(26)33/h7-8,10,12-14,16-17,31,33H,5-6,9,11,15,29-30H2,1-4H3,(H2,35,36,37). The number of benzene rings is 2. The lowest BCUT2D eigenvalue weighted by molar-refractivity contribution is 0.0990. The van der Waals surface area contributed by atoms with E-state index in [2.05, 4.69) is 47.5 Å². The topological polar surface area (TPSA) is 216 Å². The van der Waals surface area contributed by atoms with E-state index in [0.29, 0.717) is 6.42 Å². The molecule has 8 N–H and O–H groups in total. The zero-order chi connectivity index (χ0) is 32.7. The predicted octanol–water partition coefficient (Wildman–Crippen LogP) is 6.25. The second-order valence-corrected chi connectivity index (χ2v) is 13.0. The predicted molar refractivity (Wildman–Crippen MR) is 166 cm³/mol. The minimum atomic E-state index is -5.11. The van der Waals surface area contributed by atoms with Gasteiger partial charge in [0.2, 0.25) is 0 Å². The Balaban J connectivity index is 2.05. The highest BCUT2D eigenvalue weighted by molar-refractivity contribution is 7.48. The number of amides is 1. The van der Waals surface area contributed by atoms with Crippen LogP contribution in [0.3, 0.4) is 0 Å². The van der Waals surface area contributed by atoms with E-state index in [-0.39, 0.29) is 34.9 Å². The van der Waals surface area contributed by atoms with E-state index in [1.165, 1.54) is 40.3 Å². The number of phenols is 1. The fraction of sp³-hybridized carbons (Fsp3) is 0.321. The zero-order valence-electron chi connectivity index (χ0n) is 24.9. The number of nitrogens with zero attached hydrogens (tertiary/aromatic N) is 1. The fourth-order valence-corrected chi connectivity index (χ4v) is 5.26. The van der Waals surface area contributed by atoms with Crippen LogP contribution in [0.4, 0.5) is 17.1 Å². The molecule has 0 atom stereocenters. The van der Waals surface area contributed by atoms with Gasteiger partial charge in [0.25, 0.3) is 5.91 Å². The first-order chi connectivity index (χ1) is 20.7. The molecule has 0 saturated heterocycles. The summed E-state index contributed by atoms with van der Waals surface area (Å²) in [7, 11) is -9.76. The fourth-order valence-electron chi connectivity index (χ4n) is 4.36. The van der Waals surface area contributed by atoms with Crippen molar-refractivity contribution in [2.45, 2.75) is 53.4 Å². The molecule has 0 fully saturated rings. The highest BCUT2D eigenvalue weighted by Gasteiger charge is 2.35. The first-order valence-corrected chi connectivity index (χ1v) is 16.5. The van der Waals surface area contributed by atoms with E-state index in [0.717, 1.165) is 30.9 Å². The highest BCUT2D eigenvalue weighted by Crippen LogP contribution is 2.54. The maximum Gasteiger partial charge on any atom is 0.563 e. The SMILES string of the molecule is CC(C)=CCCC(C)=CCCC(C)=CCN1C(=O)c2cccc(O)c2Nc2c(OP(=O)(ON)ON)cc(OP(=O)(O)O)cc21. The Morgan fingerprint density at radius 3 is 2.18 bits per heavy atom. The van der Waals surface area contributed by atoms with Crippen LogP contribution in [0.15, 0.2) is 65.3 Å². The summed E-state index contributed by atoms with van der Waals surface area (Å²) in [5.41, 5.74) is 3.51. The summed E-state index contributed by atoms with van der Waals surface area (Å²) >= 11 is 0. The number of fused-ring (bicyclic) bond motifs is 2. The monoisotopic (exact) mass is 652 g/mol. The number of carbonyl (C=O) groups is 1. The summed E-state index contributed by atoms with van der Waals surface area (Å²) in [4.78, 5) is 34.1. The zero-order valence-corrected chi connectivity index (χ0v) is 26.6. The Kier molecular flexibility index (Phi) is 12.0. The number of aromatic hydroxyl groups is 1. The molecular formula is C28H38N4O10P2. The number of rotatable bonds is 14. The molecule has 3 rings (SSSR count). The van der Waals surface area contributed by atoms with Gasteiger partial charge in [0, 0.05) is 18.7 Å². The summed E-state index contributed by atoms with van der Waals surface area (Å²) in [5, 5.41) is 13.5. The van der Waals surface area contributed by atoms with Crippen LogP contribution in [0, 0.1) is 0 Å². The number of nitrogens with one attached hydrogen (secondary N) is 1. The lowest BCUT2D eigenvalue weighted by Crippen LogP contribution is -2.30. The first-order valence-electron chi connectivity index (χ1n) is 13.5. The van der Waals surface area contributed by atoms with E-state index in [4.69, 9.17) is 20.8 Å². The average Bonchev–Trinajstić information content (AvgIpc) is 3.05. The number of carbonyl (C=O) groups excluding carboxylic acids is 1. The van der Waals surface area contributed by atoms with Crippen molar-refractivity contribution in [1.82, 2.24) is 0 Å². The van der Waals surface area contributed by atoms with Crippen molar-refractivity contribution >= 4 is 38.6 Å². The normalized spacial score (nSPS) is 13.9. The minimum Gasteiger partial charge on any atom is -0.506 e. The second-order valence-electron chi connectivity index (χ2n) is 10.3. The molecule has 0 aromatic heterocycles. The van der Waals surface area contributed by atoms with Crippen LogP contribution in [-0.2, 0) is 18.4 Å². The molecule has 0 radical (unpaired) electrons. The summed E-state index contributed by atoms with van der Waals surface area (Å²) in [6.45, 7) is 8.14. The summed E-state index contributed by atoms with van der Waals surface area (Å²) < 4.78 is 43.1. The number of phenolic OH excluding ortho intramolecular Hbond substituents is 1. The molecule has 0 saturated carbocycles. The van der Waals surface area contributed by atoms with Crippen molar-refractivity contribution < 1.29 is 47.1 Å². The number of phosphoric acid groups is 2.